The summed E-state index contributed by atoms with van der Waals surface area (Å²) in [6.45, 7) is -1.29. The second-order valence-electron chi connectivity index (χ2n) is 3.12. The Hall–Kier alpha value is -1.75. The fraction of sp³-hybridized carbons (Fsp3) is 0.125. The van der Waals surface area contributed by atoms with E-state index in [-0.39, 0.29) is 0 Å². The Bertz CT molecular complexity index is 616. The molecule has 0 fully saturated rings. The summed E-state index contributed by atoms with van der Waals surface area (Å²) < 4.78 is 88.2. The van der Waals surface area contributed by atoms with E-state index in [0.717, 1.165) is 0 Å². The molecule has 0 atom stereocenters. The van der Waals surface area contributed by atoms with Crippen molar-refractivity contribution >= 4 is 16.0 Å². The van der Waals surface area contributed by atoms with Crippen molar-refractivity contribution in [2.45, 2.75) is 4.90 Å². The molecule has 0 heterocycles. The third-order valence-electron chi connectivity index (χ3n) is 1.85. The van der Waals surface area contributed by atoms with E-state index < -0.39 is 56.5 Å². The van der Waals surface area contributed by atoms with Crippen LogP contribution in [0.3, 0.4) is 0 Å². The summed E-state index contributed by atoms with van der Waals surface area (Å²) in [6, 6.07) is 0. The van der Waals surface area contributed by atoms with Gasteiger partial charge in [0.2, 0.25) is 15.8 Å². The number of hydrogen-bond acceptors (Lipinski definition) is 3. The molecule has 0 aliphatic heterocycles. The standard InChI is InChI=1S/C8H4F5NO4S/c9-3-4(10)6(12)8(7(13)5(3)11)19(17,18)14-1-2(15)16/h14H,1H2,(H,15,16). The molecule has 0 saturated carbocycles. The minimum absolute atomic E-state index is 1.17. The Labute approximate surface area is 102 Å². The van der Waals surface area contributed by atoms with E-state index >= 15 is 0 Å². The molecule has 0 aliphatic rings. The van der Waals surface area contributed by atoms with Crippen molar-refractivity contribution in [3.63, 3.8) is 0 Å². The van der Waals surface area contributed by atoms with Crippen molar-refractivity contribution in [2.24, 2.45) is 0 Å². The zero-order chi connectivity index (χ0) is 15.0. The lowest BCUT2D eigenvalue weighted by Gasteiger charge is -2.09. The van der Waals surface area contributed by atoms with Crippen LogP contribution in [0.4, 0.5) is 22.0 Å². The molecule has 0 aliphatic carbocycles. The van der Waals surface area contributed by atoms with E-state index in [0.29, 0.717) is 0 Å². The van der Waals surface area contributed by atoms with E-state index in [1.807, 2.05) is 0 Å². The number of hydrogen-bond donors (Lipinski definition) is 2. The van der Waals surface area contributed by atoms with Crippen LogP contribution in [0.1, 0.15) is 0 Å². The van der Waals surface area contributed by atoms with Crippen molar-refractivity contribution < 1.29 is 40.3 Å². The van der Waals surface area contributed by atoms with Crippen LogP contribution in [-0.2, 0) is 14.8 Å². The highest BCUT2D eigenvalue weighted by atomic mass is 32.2. The van der Waals surface area contributed by atoms with Crippen molar-refractivity contribution in [3.05, 3.63) is 29.1 Å². The second-order valence-corrected chi connectivity index (χ2v) is 4.82. The van der Waals surface area contributed by atoms with Gasteiger partial charge in [0.15, 0.2) is 28.2 Å². The molecule has 1 aromatic carbocycles. The smallest absolute Gasteiger partial charge is 0.318 e. The molecule has 0 amide bonds. The monoisotopic (exact) mass is 305 g/mol. The highest BCUT2D eigenvalue weighted by Gasteiger charge is 2.33. The van der Waals surface area contributed by atoms with E-state index in [2.05, 4.69) is 0 Å². The largest absolute Gasteiger partial charge is 0.480 e. The van der Waals surface area contributed by atoms with Gasteiger partial charge in [-0.1, -0.05) is 0 Å². The summed E-state index contributed by atoms with van der Waals surface area (Å²) in [7, 11) is -5.21. The Morgan fingerprint density at radius 2 is 1.32 bits per heavy atom. The summed E-state index contributed by atoms with van der Waals surface area (Å²) in [4.78, 5) is 7.98. The average Bonchev–Trinajstić information content (AvgIpc) is 2.31. The summed E-state index contributed by atoms with van der Waals surface area (Å²) in [5, 5.41) is 8.19. The number of halogens is 5. The van der Waals surface area contributed by atoms with E-state index in [9.17, 15) is 35.2 Å². The Balaban J connectivity index is 3.47. The molecule has 106 valence electrons. The summed E-state index contributed by atoms with van der Waals surface area (Å²) in [5.74, 6) is -14.3. The zero-order valence-corrected chi connectivity index (χ0v) is 9.49. The molecule has 5 nitrogen and oxygen atoms in total. The molecule has 0 unspecified atom stereocenters. The number of carboxylic acids is 1. The van der Waals surface area contributed by atoms with Gasteiger partial charge in [-0.25, -0.2) is 30.4 Å². The lowest BCUT2D eigenvalue weighted by molar-refractivity contribution is -0.135. The molecule has 2 N–H and O–H groups in total. The van der Waals surface area contributed by atoms with Gasteiger partial charge in [-0.05, 0) is 0 Å². The number of rotatable bonds is 4. The van der Waals surface area contributed by atoms with Crippen LogP contribution in [0.5, 0.6) is 0 Å². The molecular weight excluding hydrogens is 301 g/mol. The third kappa shape index (κ3) is 2.81. The minimum Gasteiger partial charge on any atom is -0.480 e. The number of aliphatic carboxylic acids is 1. The number of benzene rings is 1. The first-order valence-corrected chi connectivity index (χ1v) is 5.80. The maximum Gasteiger partial charge on any atom is 0.318 e. The SMILES string of the molecule is O=C(O)CNS(=O)(=O)c1c(F)c(F)c(F)c(F)c1F. The summed E-state index contributed by atoms with van der Waals surface area (Å²) in [6.07, 6.45) is 0. The quantitative estimate of drug-likeness (QED) is 0.488. The average molecular weight is 305 g/mol. The lowest BCUT2D eigenvalue weighted by Crippen LogP contribution is -2.31. The molecule has 1 rings (SSSR count). The Morgan fingerprint density at radius 1 is 0.947 bits per heavy atom. The Morgan fingerprint density at radius 3 is 1.68 bits per heavy atom. The molecule has 0 spiro atoms. The van der Waals surface area contributed by atoms with Gasteiger partial charge in [-0.2, -0.15) is 4.72 Å². The van der Waals surface area contributed by atoms with E-state index in [1.165, 1.54) is 4.72 Å². The van der Waals surface area contributed by atoms with Gasteiger partial charge in [0.05, 0.1) is 0 Å². The number of nitrogens with one attached hydrogen (secondary N) is 1. The second kappa shape index (κ2) is 5.09. The lowest BCUT2D eigenvalue weighted by atomic mass is 10.3. The van der Waals surface area contributed by atoms with E-state index in [4.69, 9.17) is 5.11 Å². The van der Waals surface area contributed by atoms with Crippen molar-refractivity contribution in [3.8, 4) is 0 Å². The molecule has 11 heteroatoms. The molecule has 19 heavy (non-hydrogen) atoms. The fourth-order valence-corrected chi connectivity index (χ4v) is 2.16. The molecule has 0 radical (unpaired) electrons. The fourth-order valence-electron chi connectivity index (χ4n) is 1.05. The van der Waals surface area contributed by atoms with Gasteiger partial charge in [0, 0.05) is 0 Å². The van der Waals surface area contributed by atoms with Crippen LogP contribution in [0.25, 0.3) is 0 Å². The number of carbonyl (C=O) groups is 1. The minimum atomic E-state index is -5.21. The number of sulfonamides is 1. The van der Waals surface area contributed by atoms with Gasteiger partial charge in [0.1, 0.15) is 6.54 Å². The van der Waals surface area contributed by atoms with Crippen molar-refractivity contribution in [1.29, 1.82) is 0 Å². The predicted octanol–water partition coefficient (Wildman–Crippen LogP) is 0.745. The molecule has 1 aromatic rings. The van der Waals surface area contributed by atoms with Gasteiger partial charge >= 0.3 is 5.97 Å². The van der Waals surface area contributed by atoms with Crippen molar-refractivity contribution in [2.75, 3.05) is 6.54 Å². The van der Waals surface area contributed by atoms with Crippen LogP contribution in [0.2, 0.25) is 0 Å². The van der Waals surface area contributed by atoms with Crippen molar-refractivity contribution in [1.82, 2.24) is 4.72 Å². The predicted molar refractivity (Wildman–Crippen MR) is 49.1 cm³/mol. The highest BCUT2D eigenvalue weighted by Crippen LogP contribution is 2.26. The zero-order valence-electron chi connectivity index (χ0n) is 8.68. The normalized spacial score (nSPS) is 11.6. The van der Waals surface area contributed by atoms with Gasteiger partial charge in [0.25, 0.3) is 0 Å². The molecule has 0 aromatic heterocycles. The Kier molecular flexibility index (Phi) is 4.10. The third-order valence-corrected chi connectivity index (χ3v) is 3.27. The number of carboxylic acid groups (broad SMARTS) is 1. The topological polar surface area (TPSA) is 83.5 Å². The summed E-state index contributed by atoms with van der Waals surface area (Å²) in [5.41, 5.74) is 0. The first kappa shape index (κ1) is 15.3. The maximum absolute atomic E-state index is 13.1. The molecule has 0 bridgehead atoms. The van der Waals surface area contributed by atoms with Gasteiger partial charge in [-0.3, -0.25) is 4.79 Å². The van der Waals surface area contributed by atoms with Crippen LogP contribution in [-0.4, -0.2) is 26.0 Å². The van der Waals surface area contributed by atoms with E-state index in [1.54, 1.807) is 0 Å². The molecule has 0 saturated heterocycles. The summed E-state index contributed by atoms with van der Waals surface area (Å²) >= 11 is 0. The van der Waals surface area contributed by atoms with Crippen LogP contribution >= 0.6 is 0 Å². The van der Waals surface area contributed by atoms with Crippen LogP contribution < -0.4 is 4.72 Å². The highest BCUT2D eigenvalue weighted by molar-refractivity contribution is 7.89. The maximum atomic E-state index is 13.1. The van der Waals surface area contributed by atoms with Crippen LogP contribution in [0.15, 0.2) is 4.90 Å². The first-order chi connectivity index (χ1) is 8.59. The van der Waals surface area contributed by atoms with Gasteiger partial charge < -0.3 is 5.11 Å². The molecular formula is C8H4F5NO4S. The van der Waals surface area contributed by atoms with Gasteiger partial charge in [-0.15, -0.1) is 0 Å². The van der Waals surface area contributed by atoms with Crippen LogP contribution in [0, 0.1) is 29.1 Å². The first-order valence-electron chi connectivity index (χ1n) is 4.32.